The number of hydrogen-bond donors (Lipinski definition) is 1. The Morgan fingerprint density at radius 1 is 1.38 bits per heavy atom. The maximum absolute atomic E-state index is 12.8. The number of aryl methyl sites for hydroxylation is 1. The number of hydrogen-bond acceptors (Lipinski definition) is 7. The maximum Gasteiger partial charge on any atom is 0.330 e. The van der Waals surface area contributed by atoms with Crippen molar-refractivity contribution in [2.45, 2.75) is 43.7 Å². The molecular weight excluding hydrogens is 394 g/mol. The minimum Gasteiger partial charge on any atom is -0.451 e. The number of rotatable bonds is 5. The molecule has 3 atom stereocenters. The lowest BCUT2D eigenvalue weighted by atomic mass is 10.0. The zero-order chi connectivity index (χ0) is 20.6. The summed E-state index contributed by atoms with van der Waals surface area (Å²) in [5.74, 6) is 0.0678. The number of benzene rings is 1. The molecule has 8 nitrogen and oxygen atoms in total. The first-order chi connectivity index (χ1) is 13.9. The summed E-state index contributed by atoms with van der Waals surface area (Å²) in [6.45, 7) is 3.19. The Morgan fingerprint density at radius 3 is 2.83 bits per heavy atom. The summed E-state index contributed by atoms with van der Waals surface area (Å²) >= 11 is 1.58. The van der Waals surface area contributed by atoms with Gasteiger partial charge in [0.05, 0.1) is 0 Å². The van der Waals surface area contributed by atoms with Crippen LogP contribution in [0.15, 0.2) is 40.9 Å². The molecule has 1 aromatic carbocycles. The van der Waals surface area contributed by atoms with E-state index in [1.54, 1.807) is 29.7 Å². The summed E-state index contributed by atoms with van der Waals surface area (Å²) in [5.41, 5.74) is 0.998. The van der Waals surface area contributed by atoms with Gasteiger partial charge in [0.1, 0.15) is 16.7 Å². The molecule has 2 saturated heterocycles. The van der Waals surface area contributed by atoms with Gasteiger partial charge < -0.3 is 19.5 Å². The molecule has 0 aliphatic carbocycles. The Morgan fingerprint density at radius 2 is 2.14 bits per heavy atom. The number of carbonyl (C=O) groups excluding carboxylic acids is 3. The van der Waals surface area contributed by atoms with Gasteiger partial charge in [0.2, 0.25) is 5.91 Å². The Hall–Kier alpha value is -2.81. The van der Waals surface area contributed by atoms with E-state index in [4.69, 9.17) is 9.26 Å². The molecule has 0 radical (unpaired) electrons. The van der Waals surface area contributed by atoms with Crippen LogP contribution in [0.3, 0.4) is 0 Å². The lowest BCUT2D eigenvalue weighted by Gasteiger charge is -2.33. The lowest BCUT2D eigenvalue weighted by Crippen LogP contribution is -2.48. The molecule has 0 spiro atoms. The minimum atomic E-state index is -1.03. The van der Waals surface area contributed by atoms with Crippen molar-refractivity contribution in [3.63, 3.8) is 0 Å². The van der Waals surface area contributed by atoms with E-state index in [0.717, 1.165) is 5.56 Å². The van der Waals surface area contributed by atoms with Crippen molar-refractivity contribution in [1.82, 2.24) is 10.1 Å². The fraction of sp³-hybridized carbons (Fsp3) is 0.400. The van der Waals surface area contributed by atoms with Gasteiger partial charge in [-0.1, -0.05) is 35.5 Å². The number of amides is 2. The van der Waals surface area contributed by atoms with E-state index in [1.165, 1.54) is 6.92 Å². The number of carbonyl (C=O) groups is 3. The second kappa shape index (κ2) is 7.55. The molecule has 2 amide bonds. The van der Waals surface area contributed by atoms with Gasteiger partial charge in [0.15, 0.2) is 11.9 Å². The van der Waals surface area contributed by atoms with Crippen LogP contribution in [0.25, 0.3) is 0 Å². The van der Waals surface area contributed by atoms with Gasteiger partial charge in [-0.25, -0.2) is 4.79 Å². The van der Waals surface area contributed by atoms with Crippen molar-refractivity contribution in [2.24, 2.45) is 0 Å². The van der Waals surface area contributed by atoms with Crippen molar-refractivity contribution in [3.8, 4) is 0 Å². The highest BCUT2D eigenvalue weighted by molar-refractivity contribution is 8.00. The van der Waals surface area contributed by atoms with Gasteiger partial charge in [0, 0.05) is 18.2 Å². The van der Waals surface area contributed by atoms with Crippen molar-refractivity contribution in [1.29, 1.82) is 0 Å². The number of anilines is 1. The molecule has 29 heavy (non-hydrogen) atoms. The smallest absolute Gasteiger partial charge is 0.330 e. The zero-order valence-electron chi connectivity index (χ0n) is 16.1. The lowest BCUT2D eigenvalue weighted by molar-refractivity contribution is -0.160. The SMILES string of the molecule is Cc1cc(NC(=O)[C@@H](C)OC(=O)[C@@H]2CS[C@@]3(c4ccccc4)CCC(=O)N23)no1. The van der Waals surface area contributed by atoms with Crippen molar-refractivity contribution in [2.75, 3.05) is 11.1 Å². The molecule has 4 rings (SSSR count). The Labute approximate surface area is 171 Å². The van der Waals surface area contributed by atoms with Gasteiger partial charge in [-0.2, -0.15) is 0 Å². The quantitative estimate of drug-likeness (QED) is 0.749. The van der Waals surface area contributed by atoms with Crippen LogP contribution in [-0.4, -0.2) is 45.7 Å². The van der Waals surface area contributed by atoms with Crippen molar-refractivity contribution in [3.05, 3.63) is 47.7 Å². The third-order valence-electron chi connectivity index (χ3n) is 5.17. The van der Waals surface area contributed by atoms with E-state index in [1.807, 2.05) is 30.3 Å². The molecule has 0 saturated carbocycles. The third-order valence-corrected chi connectivity index (χ3v) is 6.76. The average Bonchev–Trinajstić information content (AvgIpc) is 3.39. The summed E-state index contributed by atoms with van der Waals surface area (Å²) < 4.78 is 10.3. The van der Waals surface area contributed by atoms with Crippen molar-refractivity contribution < 1.29 is 23.6 Å². The van der Waals surface area contributed by atoms with E-state index < -0.39 is 28.9 Å². The number of nitrogens with one attached hydrogen (secondary N) is 1. The number of fused-ring (bicyclic) bond motifs is 1. The maximum atomic E-state index is 12.8. The van der Waals surface area contributed by atoms with E-state index in [9.17, 15) is 14.4 Å². The van der Waals surface area contributed by atoms with E-state index >= 15 is 0 Å². The first kappa shape index (κ1) is 19.5. The van der Waals surface area contributed by atoms with Crippen LogP contribution in [0.2, 0.25) is 0 Å². The first-order valence-corrected chi connectivity index (χ1v) is 10.4. The van der Waals surface area contributed by atoms with E-state index in [-0.39, 0.29) is 11.7 Å². The largest absolute Gasteiger partial charge is 0.451 e. The molecule has 1 aromatic heterocycles. The van der Waals surface area contributed by atoms with Gasteiger partial charge in [-0.05, 0) is 25.8 Å². The number of ether oxygens (including phenoxy) is 1. The van der Waals surface area contributed by atoms with Crippen LogP contribution in [0, 0.1) is 6.92 Å². The fourth-order valence-corrected chi connectivity index (χ4v) is 5.41. The van der Waals surface area contributed by atoms with Crippen LogP contribution in [0.4, 0.5) is 5.82 Å². The fourth-order valence-electron chi connectivity index (χ4n) is 3.78. The molecule has 0 bridgehead atoms. The average molecular weight is 415 g/mol. The van der Waals surface area contributed by atoms with Crippen LogP contribution in [0.5, 0.6) is 0 Å². The minimum absolute atomic E-state index is 0.0732. The monoisotopic (exact) mass is 415 g/mol. The second-order valence-corrected chi connectivity index (χ2v) is 8.43. The van der Waals surface area contributed by atoms with E-state index in [2.05, 4.69) is 10.5 Å². The summed E-state index contributed by atoms with van der Waals surface area (Å²) in [5, 5.41) is 6.23. The first-order valence-electron chi connectivity index (χ1n) is 9.37. The highest BCUT2D eigenvalue weighted by atomic mass is 32.2. The Bertz CT molecular complexity index is 947. The highest BCUT2D eigenvalue weighted by Crippen LogP contribution is 2.54. The Balaban J connectivity index is 1.46. The van der Waals surface area contributed by atoms with Gasteiger partial charge in [-0.15, -0.1) is 11.8 Å². The second-order valence-electron chi connectivity index (χ2n) is 7.13. The normalized spacial score (nSPS) is 24.3. The molecule has 2 fully saturated rings. The number of aromatic nitrogens is 1. The van der Waals surface area contributed by atoms with Crippen LogP contribution in [-0.2, 0) is 24.0 Å². The summed E-state index contributed by atoms with van der Waals surface area (Å²) in [7, 11) is 0. The molecule has 152 valence electrons. The van der Waals surface area contributed by atoms with Gasteiger partial charge >= 0.3 is 5.97 Å². The zero-order valence-corrected chi connectivity index (χ0v) is 16.9. The molecule has 2 aromatic rings. The topological polar surface area (TPSA) is 102 Å². The summed E-state index contributed by atoms with van der Waals surface area (Å²) in [6, 6.07) is 10.6. The number of thioether (sulfide) groups is 1. The summed E-state index contributed by atoms with van der Waals surface area (Å²) in [4.78, 5) is 38.8. The highest BCUT2D eigenvalue weighted by Gasteiger charge is 2.57. The number of nitrogens with zero attached hydrogens (tertiary/aromatic N) is 2. The van der Waals surface area contributed by atoms with Crippen LogP contribution >= 0.6 is 11.8 Å². The van der Waals surface area contributed by atoms with Gasteiger partial charge in [0.25, 0.3) is 5.91 Å². The predicted molar refractivity (Wildman–Crippen MR) is 106 cm³/mol. The molecule has 1 N–H and O–H groups in total. The Kier molecular flexibility index (Phi) is 5.08. The number of esters is 1. The molecule has 2 aliphatic heterocycles. The van der Waals surface area contributed by atoms with Crippen molar-refractivity contribution >= 4 is 35.4 Å². The molecule has 0 unspecified atom stereocenters. The molecule has 3 heterocycles. The molecular formula is C20H21N3O5S. The molecule has 2 aliphatic rings. The predicted octanol–water partition coefficient (Wildman–Crippen LogP) is 2.44. The van der Waals surface area contributed by atoms with E-state index in [0.29, 0.717) is 24.4 Å². The standard InChI is InChI=1S/C20H21N3O5S/c1-12-10-16(22-28-12)21-18(25)13(2)27-19(26)15-11-29-20(9-8-17(24)23(15)20)14-6-4-3-5-7-14/h3-7,10,13,15H,8-9,11H2,1-2H3,(H,21,22,25)/t13-,15+,20-/m1/s1. The van der Waals surface area contributed by atoms with Crippen LogP contribution < -0.4 is 5.32 Å². The van der Waals surface area contributed by atoms with Gasteiger partial charge in [-0.3, -0.25) is 9.59 Å². The summed E-state index contributed by atoms with van der Waals surface area (Å²) in [6.07, 6.45) is -0.00654. The van der Waals surface area contributed by atoms with Crippen LogP contribution in [0.1, 0.15) is 31.1 Å². The molecule has 9 heteroatoms. The third kappa shape index (κ3) is 3.50.